The SMILES string of the molecule is O=C(C1CC(=O)N(c2cc(Cl)ccc2Cl)C1)N1CCc2ccccc2C1. The summed E-state index contributed by atoms with van der Waals surface area (Å²) < 4.78 is 0. The molecule has 4 rings (SSSR count). The van der Waals surface area contributed by atoms with E-state index in [1.165, 1.54) is 11.1 Å². The summed E-state index contributed by atoms with van der Waals surface area (Å²) in [4.78, 5) is 28.9. The summed E-state index contributed by atoms with van der Waals surface area (Å²) in [5.41, 5.74) is 3.06. The maximum Gasteiger partial charge on any atom is 0.228 e. The molecule has 2 aromatic carbocycles. The molecule has 0 saturated carbocycles. The molecular weight excluding hydrogens is 371 g/mol. The summed E-state index contributed by atoms with van der Waals surface area (Å²) in [5, 5.41) is 0.974. The van der Waals surface area contributed by atoms with Gasteiger partial charge < -0.3 is 9.80 Å². The van der Waals surface area contributed by atoms with Gasteiger partial charge in [-0.1, -0.05) is 47.5 Å². The Morgan fingerprint density at radius 3 is 2.65 bits per heavy atom. The van der Waals surface area contributed by atoms with Crippen LogP contribution in [0, 0.1) is 5.92 Å². The van der Waals surface area contributed by atoms with Gasteiger partial charge in [0.1, 0.15) is 0 Å². The van der Waals surface area contributed by atoms with E-state index < -0.39 is 0 Å². The summed E-state index contributed by atoms with van der Waals surface area (Å²) in [6, 6.07) is 13.2. The predicted octanol–water partition coefficient (Wildman–Crippen LogP) is 3.93. The number of anilines is 1. The van der Waals surface area contributed by atoms with Crippen molar-refractivity contribution in [1.29, 1.82) is 0 Å². The van der Waals surface area contributed by atoms with E-state index in [1.54, 1.807) is 23.1 Å². The van der Waals surface area contributed by atoms with Crippen molar-refractivity contribution in [3.05, 3.63) is 63.6 Å². The first kappa shape index (κ1) is 17.4. The van der Waals surface area contributed by atoms with Gasteiger partial charge in [0, 0.05) is 31.1 Å². The van der Waals surface area contributed by atoms with Crippen LogP contribution in [-0.2, 0) is 22.6 Å². The third-order valence-corrected chi connectivity index (χ3v) is 5.67. The van der Waals surface area contributed by atoms with Crippen molar-refractivity contribution in [2.24, 2.45) is 5.92 Å². The van der Waals surface area contributed by atoms with Gasteiger partial charge in [-0.15, -0.1) is 0 Å². The number of benzene rings is 2. The van der Waals surface area contributed by atoms with Gasteiger partial charge in [-0.2, -0.15) is 0 Å². The van der Waals surface area contributed by atoms with Gasteiger partial charge in [-0.05, 0) is 35.7 Å². The molecule has 1 atom stereocenters. The maximum absolute atomic E-state index is 13.0. The second-order valence-electron chi connectivity index (χ2n) is 6.78. The highest BCUT2D eigenvalue weighted by molar-refractivity contribution is 6.35. The molecule has 0 N–H and O–H groups in total. The largest absolute Gasteiger partial charge is 0.338 e. The molecule has 2 amide bonds. The van der Waals surface area contributed by atoms with Gasteiger partial charge in [0.25, 0.3) is 0 Å². The first-order valence-electron chi connectivity index (χ1n) is 8.64. The summed E-state index contributed by atoms with van der Waals surface area (Å²) in [5.74, 6) is -0.402. The Hall–Kier alpha value is -2.04. The van der Waals surface area contributed by atoms with Crippen LogP contribution in [0.15, 0.2) is 42.5 Å². The quantitative estimate of drug-likeness (QED) is 0.781. The van der Waals surface area contributed by atoms with Crippen molar-refractivity contribution >= 4 is 40.7 Å². The molecule has 26 heavy (non-hydrogen) atoms. The Bertz CT molecular complexity index is 884. The summed E-state index contributed by atoms with van der Waals surface area (Å²) in [6.45, 7) is 1.64. The topological polar surface area (TPSA) is 40.6 Å². The van der Waals surface area contributed by atoms with E-state index in [9.17, 15) is 9.59 Å². The summed E-state index contributed by atoms with van der Waals surface area (Å²) in [6.07, 6.45) is 1.06. The van der Waals surface area contributed by atoms with Crippen molar-refractivity contribution in [2.75, 3.05) is 18.0 Å². The van der Waals surface area contributed by atoms with Crippen molar-refractivity contribution in [3.63, 3.8) is 0 Å². The lowest BCUT2D eigenvalue weighted by Crippen LogP contribution is -2.40. The third-order valence-electron chi connectivity index (χ3n) is 5.12. The lowest BCUT2D eigenvalue weighted by atomic mass is 9.98. The van der Waals surface area contributed by atoms with Gasteiger partial charge in [0.15, 0.2) is 0 Å². The maximum atomic E-state index is 13.0. The number of rotatable bonds is 2. The molecule has 6 heteroatoms. The van der Waals surface area contributed by atoms with Crippen LogP contribution in [0.2, 0.25) is 10.0 Å². The Morgan fingerprint density at radius 2 is 1.85 bits per heavy atom. The second kappa shape index (κ2) is 6.93. The van der Waals surface area contributed by atoms with Crippen LogP contribution in [0.5, 0.6) is 0 Å². The molecule has 0 spiro atoms. The van der Waals surface area contributed by atoms with Crippen LogP contribution in [-0.4, -0.2) is 29.8 Å². The zero-order chi connectivity index (χ0) is 18.3. The van der Waals surface area contributed by atoms with Crippen molar-refractivity contribution in [1.82, 2.24) is 4.90 Å². The van der Waals surface area contributed by atoms with Crippen LogP contribution >= 0.6 is 23.2 Å². The molecule has 2 aromatic rings. The molecule has 0 radical (unpaired) electrons. The molecule has 2 aliphatic rings. The second-order valence-corrected chi connectivity index (χ2v) is 7.62. The smallest absolute Gasteiger partial charge is 0.228 e. The van der Waals surface area contributed by atoms with Crippen LogP contribution in [0.25, 0.3) is 0 Å². The molecule has 0 aliphatic carbocycles. The molecule has 134 valence electrons. The molecule has 0 aromatic heterocycles. The number of carbonyl (C=O) groups excluding carboxylic acids is 2. The number of hydrogen-bond acceptors (Lipinski definition) is 2. The Balaban J connectivity index is 1.50. The number of nitrogens with zero attached hydrogens (tertiary/aromatic N) is 2. The van der Waals surface area contributed by atoms with E-state index in [2.05, 4.69) is 12.1 Å². The van der Waals surface area contributed by atoms with Crippen LogP contribution in [0.1, 0.15) is 17.5 Å². The fourth-order valence-electron chi connectivity index (χ4n) is 3.74. The van der Waals surface area contributed by atoms with E-state index in [0.29, 0.717) is 35.4 Å². The van der Waals surface area contributed by atoms with Gasteiger partial charge >= 0.3 is 0 Å². The molecule has 4 nitrogen and oxygen atoms in total. The lowest BCUT2D eigenvalue weighted by molar-refractivity contribution is -0.136. The van der Waals surface area contributed by atoms with Gasteiger partial charge in [-0.25, -0.2) is 0 Å². The Labute approximate surface area is 162 Å². The van der Waals surface area contributed by atoms with E-state index in [1.807, 2.05) is 17.0 Å². The molecular formula is C20H18Cl2N2O2. The van der Waals surface area contributed by atoms with E-state index >= 15 is 0 Å². The van der Waals surface area contributed by atoms with E-state index in [-0.39, 0.29) is 24.2 Å². The summed E-state index contributed by atoms with van der Waals surface area (Å²) in [7, 11) is 0. The number of halogens is 2. The van der Waals surface area contributed by atoms with Crippen LogP contribution < -0.4 is 4.90 Å². The molecule has 1 unspecified atom stereocenters. The highest BCUT2D eigenvalue weighted by Gasteiger charge is 2.38. The first-order chi connectivity index (χ1) is 12.5. The minimum atomic E-state index is -0.345. The van der Waals surface area contributed by atoms with E-state index in [4.69, 9.17) is 23.2 Å². The standard InChI is InChI=1S/C20H18Cl2N2O2/c21-16-5-6-17(22)18(10-16)24-12-15(9-19(24)25)20(26)23-8-7-13-3-1-2-4-14(13)11-23/h1-6,10,15H,7-9,11-12H2. The number of carbonyl (C=O) groups is 2. The van der Waals surface area contributed by atoms with Gasteiger partial charge in [-0.3, -0.25) is 9.59 Å². The summed E-state index contributed by atoms with van der Waals surface area (Å²) >= 11 is 12.3. The lowest BCUT2D eigenvalue weighted by Gasteiger charge is -2.30. The highest BCUT2D eigenvalue weighted by atomic mass is 35.5. The molecule has 1 saturated heterocycles. The van der Waals surface area contributed by atoms with Crippen LogP contribution in [0.4, 0.5) is 5.69 Å². The zero-order valence-corrected chi connectivity index (χ0v) is 15.6. The molecule has 2 heterocycles. The van der Waals surface area contributed by atoms with Gasteiger partial charge in [0.05, 0.1) is 16.6 Å². The first-order valence-corrected chi connectivity index (χ1v) is 9.39. The zero-order valence-electron chi connectivity index (χ0n) is 14.1. The fraction of sp³-hybridized carbons (Fsp3) is 0.300. The normalized spacial score (nSPS) is 19.6. The van der Waals surface area contributed by atoms with Gasteiger partial charge in [0.2, 0.25) is 11.8 Å². The number of amides is 2. The minimum Gasteiger partial charge on any atom is -0.338 e. The average molecular weight is 389 g/mol. The van der Waals surface area contributed by atoms with Crippen molar-refractivity contribution in [2.45, 2.75) is 19.4 Å². The predicted molar refractivity (Wildman–Crippen MR) is 102 cm³/mol. The minimum absolute atomic E-state index is 0.0357. The molecule has 0 bridgehead atoms. The molecule has 2 aliphatic heterocycles. The molecule has 1 fully saturated rings. The average Bonchev–Trinajstić information content (AvgIpc) is 3.04. The number of hydrogen-bond donors (Lipinski definition) is 0. The van der Waals surface area contributed by atoms with Crippen molar-refractivity contribution in [3.8, 4) is 0 Å². The van der Waals surface area contributed by atoms with Crippen LogP contribution in [0.3, 0.4) is 0 Å². The Morgan fingerprint density at radius 1 is 1.08 bits per heavy atom. The number of fused-ring (bicyclic) bond motifs is 1. The van der Waals surface area contributed by atoms with Crippen molar-refractivity contribution < 1.29 is 9.59 Å². The highest BCUT2D eigenvalue weighted by Crippen LogP contribution is 2.34. The monoisotopic (exact) mass is 388 g/mol. The Kier molecular flexibility index (Phi) is 4.63. The third kappa shape index (κ3) is 3.19. The fourth-order valence-corrected chi connectivity index (χ4v) is 4.13. The van der Waals surface area contributed by atoms with E-state index in [0.717, 1.165) is 6.42 Å².